The van der Waals surface area contributed by atoms with E-state index in [2.05, 4.69) is 4.72 Å². The second-order valence-corrected chi connectivity index (χ2v) is 6.56. The molecule has 2 aromatic rings. The molecule has 1 N–H and O–H groups in total. The van der Waals surface area contributed by atoms with Gasteiger partial charge in [-0.25, -0.2) is 8.42 Å². The van der Waals surface area contributed by atoms with E-state index in [-0.39, 0.29) is 5.75 Å². The molecule has 0 aliphatic heterocycles. The van der Waals surface area contributed by atoms with Gasteiger partial charge in [0.05, 0.1) is 5.75 Å². The molecule has 0 radical (unpaired) electrons. The van der Waals surface area contributed by atoms with Gasteiger partial charge in [0, 0.05) is 5.69 Å². The molecule has 0 unspecified atom stereocenters. The maximum Gasteiger partial charge on any atom is 0.232 e. The number of sulfonamides is 1. The number of nitrogens with one attached hydrogen (secondary N) is 1. The molecular weight excluding hydrogens is 286 g/mol. The Kier molecular flexibility index (Phi) is 5.22. The van der Waals surface area contributed by atoms with E-state index in [0.717, 1.165) is 5.56 Å². The standard InChI is InChI=1S/C16H19NO3S/c1-2-12-21(18,19)17-15-8-10-16(11-9-15)20-13-14-6-4-3-5-7-14/h3-11,17H,2,12-13H2,1H3. The lowest BCUT2D eigenvalue weighted by Gasteiger charge is -2.09. The van der Waals surface area contributed by atoms with Gasteiger partial charge in [-0.3, -0.25) is 4.72 Å². The van der Waals surface area contributed by atoms with Gasteiger partial charge in [-0.2, -0.15) is 0 Å². The van der Waals surface area contributed by atoms with Crippen LogP contribution in [0.15, 0.2) is 54.6 Å². The first-order chi connectivity index (χ1) is 10.1. The zero-order chi connectivity index (χ0) is 15.1. The number of benzene rings is 2. The van der Waals surface area contributed by atoms with Crippen LogP contribution in [0.1, 0.15) is 18.9 Å². The van der Waals surface area contributed by atoms with Crippen molar-refractivity contribution in [3.05, 3.63) is 60.2 Å². The fraction of sp³-hybridized carbons (Fsp3) is 0.250. The molecule has 0 atom stereocenters. The topological polar surface area (TPSA) is 55.4 Å². The molecule has 0 aliphatic carbocycles. The highest BCUT2D eigenvalue weighted by atomic mass is 32.2. The minimum absolute atomic E-state index is 0.124. The minimum atomic E-state index is -3.24. The summed E-state index contributed by atoms with van der Waals surface area (Å²) in [5, 5.41) is 0. The summed E-state index contributed by atoms with van der Waals surface area (Å²) in [5.41, 5.74) is 1.64. The molecule has 4 nitrogen and oxygen atoms in total. The number of hydrogen-bond donors (Lipinski definition) is 1. The maximum absolute atomic E-state index is 11.7. The highest BCUT2D eigenvalue weighted by Gasteiger charge is 2.08. The molecule has 0 heterocycles. The van der Waals surface area contributed by atoms with Crippen LogP contribution in [-0.2, 0) is 16.6 Å². The highest BCUT2D eigenvalue weighted by Crippen LogP contribution is 2.18. The third-order valence-corrected chi connectivity index (χ3v) is 4.34. The van der Waals surface area contributed by atoms with E-state index >= 15 is 0 Å². The van der Waals surface area contributed by atoms with Crippen molar-refractivity contribution in [3.8, 4) is 5.75 Å². The number of ether oxygens (including phenoxy) is 1. The number of rotatable bonds is 7. The van der Waals surface area contributed by atoms with Gasteiger partial charge in [-0.05, 0) is 36.2 Å². The Hall–Kier alpha value is -2.01. The summed E-state index contributed by atoms with van der Waals surface area (Å²) in [6, 6.07) is 16.8. The molecule has 0 aromatic heterocycles. The molecular formula is C16H19NO3S. The molecule has 2 rings (SSSR count). The van der Waals surface area contributed by atoms with E-state index in [0.29, 0.717) is 24.5 Å². The second-order valence-electron chi connectivity index (χ2n) is 4.72. The summed E-state index contributed by atoms with van der Waals surface area (Å²) in [7, 11) is -3.24. The van der Waals surface area contributed by atoms with E-state index in [1.165, 1.54) is 0 Å². The molecule has 0 aliphatic rings. The zero-order valence-corrected chi connectivity index (χ0v) is 12.8. The first-order valence-electron chi connectivity index (χ1n) is 6.86. The first-order valence-corrected chi connectivity index (χ1v) is 8.51. The molecule has 2 aromatic carbocycles. The quantitative estimate of drug-likeness (QED) is 0.852. The lowest BCUT2D eigenvalue weighted by molar-refractivity contribution is 0.306. The SMILES string of the molecule is CCCS(=O)(=O)Nc1ccc(OCc2ccccc2)cc1. The monoisotopic (exact) mass is 305 g/mol. The van der Waals surface area contributed by atoms with Gasteiger partial charge in [0.15, 0.2) is 0 Å². The van der Waals surface area contributed by atoms with Crippen LogP contribution in [0.25, 0.3) is 0 Å². The third-order valence-electron chi connectivity index (χ3n) is 2.85. The van der Waals surface area contributed by atoms with E-state index in [4.69, 9.17) is 4.74 Å². The Bertz CT molecular complexity index is 652. The summed E-state index contributed by atoms with van der Waals surface area (Å²) in [6.45, 7) is 2.32. The largest absolute Gasteiger partial charge is 0.489 e. The minimum Gasteiger partial charge on any atom is -0.489 e. The molecule has 0 fully saturated rings. The van der Waals surface area contributed by atoms with E-state index in [1.807, 2.05) is 37.3 Å². The van der Waals surface area contributed by atoms with Gasteiger partial charge < -0.3 is 4.74 Å². The Balaban J connectivity index is 1.93. The Morgan fingerprint density at radius 3 is 2.29 bits per heavy atom. The lowest BCUT2D eigenvalue weighted by Crippen LogP contribution is -2.15. The predicted octanol–water partition coefficient (Wildman–Crippen LogP) is 3.42. The van der Waals surface area contributed by atoms with Crippen molar-refractivity contribution in [2.75, 3.05) is 10.5 Å². The van der Waals surface area contributed by atoms with Gasteiger partial charge >= 0.3 is 0 Å². The van der Waals surface area contributed by atoms with Gasteiger partial charge in [0.2, 0.25) is 10.0 Å². The average Bonchev–Trinajstić information content (AvgIpc) is 2.47. The average molecular weight is 305 g/mol. The molecule has 5 heteroatoms. The van der Waals surface area contributed by atoms with Crippen LogP contribution in [-0.4, -0.2) is 14.2 Å². The Morgan fingerprint density at radius 1 is 1.00 bits per heavy atom. The normalized spacial score (nSPS) is 11.1. The van der Waals surface area contributed by atoms with E-state index in [1.54, 1.807) is 24.3 Å². The summed E-state index contributed by atoms with van der Waals surface area (Å²) in [5.74, 6) is 0.830. The fourth-order valence-electron chi connectivity index (χ4n) is 1.86. The van der Waals surface area contributed by atoms with Crippen molar-refractivity contribution >= 4 is 15.7 Å². The molecule has 0 saturated carbocycles. The van der Waals surface area contributed by atoms with Crippen LogP contribution < -0.4 is 9.46 Å². The predicted molar refractivity (Wildman–Crippen MR) is 84.9 cm³/mol. The van der Waals surface area contributed by atoms with Gasteiger partial charge in [-0.1, -0.05) is 37.3 Å². The first kappa shape index (κ1) is 15.4. The zero-order valence-electron chi connectivity index (χ0n) is 12.0. The summed E-state index contributed by atoms with van der Waals surface area (Å²) >= 11 is 0. The maximum atomic E-state index is 11.7. The Morgan fingerprint density at radius 2 is 1.67 bits per heavy atom. The summed E-state index contributed by atoms with van der Waals surface area (Å²) in [6.07, 6.45) is 0.591. The van der Waals surface area contributed by atoms with Crippen LogP contribution in [0.5, 0.6) is 5.75 Å². The molecule has 0 saturated heterocycles. The van der Waals surface area contributed by atoms with Crippen molar-refractivity contribution in [2.45, 2.75) is 20.0 Å². The lowest BCUT2D eigenvalue weighted by atomic mass is 10.2. The van der Waals surface area contributed by atoms with Crippen LogP contribution in [0.3, 0.4) is 0 Å². The van der Waals surface area contributed by atoms with E-state index < -0.39 is 10.0 Å². The van der Waals surface area contributed by atoms with Gasteiger partial charge in [0.1, 0.15) is 12.4 Å². The van der Waals surface area contributed by atoms with Crippen molar-refractivity contribution in [1.82, 2.24) is 0 Å². The second kappa shape index (κ2) is 7.13. The van der Waals surface area contributed by atoms with Gasteiger partial charge in [-0.15, -0.1) is 0 Å². The van der Waals surface area contributed by atoms with Crippen LogP contribution in [0.2, 0.25) is 0 Å². The molecule has 0 amide bonds. The van der Waals surface area contributed by atoms with Crippen molar-refractivity contribution in [3.63, 3.8) is 0 Å². The van der Waals surface area contributed by atoms with Gasteiger partial charge in [0.25, 0.3) is 0 Å². The third kappa shape index (κ3) is 5.11. The van der Waals surface area contributed by atoms with Crippen LogP contribution in [0.4, 0.5) is 5.69 Å². The highest BCUT2D eigenvalue weighted by molar-refractivity contribution is 7.92. The molecule has 0 spiro atoms. The van der Waals surface area contributed by atoms with E-state index in [9.17, 15) is 8.42 Å². The van der Waals surface area contributed by atoms with Crippen molar-refractivity contribution in [1.29, 1.82) is 0 Å². The number of hydrogen-bond acceptors (Lipinski definition) is 3. The van der Waals surface area contributed by atoms with Crippen LogP contribution in [0, 0.1) is 0 Å². The summed E-state index contributed by atoms with van der Waals surface area (Å²) < 4.78 is 31.5. The fourth-order valence-corrected chi connectivity index (χ4v) is 2.99. The molecule has 112 valence electrons. The van der Waals surface area contributed by atoms with Crippen molar-refractivity contribution in [2.24, 2.45) is 0 Å². The van der Waals surface area contributed by atoms with Crippen molar-refractivity contribution < 1.29 is 13.2 Å². The number of anilines is 1. The smallest absolute Gasteiger partial charge is 0.232 e. The Labute approximate surface area is 125 Å². The van der Waals surface area contributed by atoms with Crippen LogP contribution >= 0.6 is 0 Å². The summed E-state index contributed by atoms with van der Waals surface area (Å²) in [4.78, 5) is 0. The molecule has 21 heavy (non-hydrogen) atoms. The molecule has 0 bridgehead atoms.